The van der Waals surface area contributed by atoms with Crippen LogP contribution in [0, 0.1) is 6.92 Å². The summed E-state index contributed by atoms with van der Waals surface area (Å²) < 4.78 is 17.8. The average molecular weight is 353 g/mol. The Labute approximate surface area is 153 Å². The molecule has 0 unspecified atom stereocenters. The van der Waals surface area contributed by atoms with Crippen LogP contribution in [-0.4, -0.2) is 31.4 Å². The molecule has 0 fully saturated rings. The van der Waals surface area contributed by atoms with Gasteiger partial charge in [-0.3, -0.25) is 4.79 Å². The first-order chi connectivity index (χ1) is 12.6. The third-order valence-corrected chi connectivity index (χ3v) is 4.48. The summed E-state index contributed by atoms with van der Waals surface area (Å²) in [5.41, 5.74) is 4.06. The summed E-state index contributed by atoms with van der Waals surface area (Å²) in [4.78, 5) is 12.2. The smallest absolute Gasteiger partial charge is 0.325 e. The largest absolute Gasteiger partial charge is 0.497 e. The number of benzene rings is 2. The molecule has 0 aliphatic rings. The van der Waals surface area contributed by atoms with Gasteiger partial charge in [0.2, 0.25) is 0 Å². The molecule has 0 atom stereocenters. The molecule has 1 aromatic heterocycles. The highest BCUT2D eigenvalue weighted by atomic mass is 16.5. The first-order valence-electron chi connectivity index (χ1n) is 8.56. The van der Waals surface area contributed by atoms with Gasteiger partial charge in [0.25, 0.3) is 0 Å². The average Bonchev–Trinajstić information content (AvgIpc) is 2.93. The van der Waals surface area contributed by atoms with E-state index in [-0.39, 0.29) is 12.5 Å². The summed E-state index contributed by atoms with van der Waals surface area (Å²) in [7, 11) is 3.28. The second kappa shape index (κ2) is 7.52. The number of hydrogen-bond acceptors (Lipinski definition) is 4. The number of hydrogen-bond donors (Lipinski definition) is 0. The minimum absolute atomic E-state index is 0.146. The lowest BCUT2D eigenvalue weighted by Gasteiger charge is -2.12. The predicted molar refractivity (Wildman–Crippen MR) is 102 cm³/mol. The van der Waals surface area contributed by atoms with E-state index in [1.54, 1.807) is 14.2 Å². The maximum absolute atomic E-state index is 12.2. The van der Waals surface area contributed by atoms with E-state index in [0.29, 0.717) is 6.61 Å². The second-order valence-electron chi connectivity index (χ2n) is 5.98. The molecule has 0 saturated carbocycles. The van der Waals surface area contributed by atoms with E-state index < -0.39 is 0 Å². The summed E-state index contributed by atoms with van der Waals surface area (Å²) in [5, 5.41) is 1.08. The maximum atomic E-state index is 12.2. The van der Waals surface area contributed by atoms with Crippen LogP contribution in [0.15, 0.2) is 42.5 Å². The lowest BCUT2D eigenvalue weighted by Crippen LogP contribution is -2.14. The molecule has 3 rings (SSSR count). The van der Waals surface area contributed by atoms with Crippen molar-refractivity contribution in [1.29, 1.82) is 0 Å². The molecule has 0 amide bonds. The standard InChI is InChI=1S/C21H23NO4/c1-5-26-20(23)13-22-19-12-17(25-4)10-11-18(19)14(2)21(22)15-6-8-16(24-3)9-7-15/h6-12H,5,13H2,1-4H3. The van der Waals surface area contributed by atoms with E-state index >= 15 is 0 Å². The molecule has 0 spiro atoms. The zero-order valence-corrected chi connectivity index (χ0v) is 15.5. The van der Waals surface area contributed by atoms with E-state index in [2.05, 4.69) is 6.92 Å². The van der Waals surface area contributed by atoms with Crippen LogP contribution in [0.1, 0.15) is 12.5 Å². The number of rotatable bonds is 6. The monoisotopic (exact) mass is 353 g/mol. The van der Waals surface area contributed by atoms with Gasteiger partial charge in [-0.25, -0.2) is 0 Å². The number of ether oxygens (including phenoxy) is 3. The fourth-order valence-corrected chi connectivity index (χ4v) is 3.25. The van der Waals surface area contributed by atoms with Gasteiger partial charge in [-0.2, -0.15) is 0 Å². The molecular formula is C21H23NO4. The SMILES string of the molecule is CCOC(=O)Cn1c(-c2ccc(OC)cc2)c(C)c2ccc(OC)cc21. The number of methoxy groups -OCH3 is 2. The van der Waals surface area contributed by atoms with Gasteiger partial charge in [0.15, 0.2) is 0 Å². The Kier molecular flexibility index (Phi) is 5.16. The summed E-state index contributed by atoms with van der Waals surface area (Å²) in [6.07, 6.45) is 0. The van der Waals surface area contributed by atoms with Crippen molar-refractivity contribution < 1.29 is 19.0 Å². The highest BCUT2D eigenvalue weighted by Gasteiger charge is 2.19. The predicted octanol–water partition coefficient (Wildman–Crippen LogP) is 4.20. The molecule has 5 heteroatoms. The molecule has 3 aromatic rings. The number of nitrogens with zero attached hydrogens (tertiary/aromatic N) is 1. The van der Waals surface area contributed by atoms with Gasteiger partial charge in [0, 0.05) is 11.5 Å². The van der Waals surface area contributed by atoms with Crippen LogP contribution in [0.4, 0.5) is 0 Å². The Bertz CT molecular complexity index is 925. The molecule has 2 aromatic carbocycles. The molecule has 0 aliphatic heterocycles. The van der Waals surface area contributed by atoms with Crippen LogP contribution in [0.3, 0.4) is 0 Å². The third kappa shape index (κ3) is 3.25. The maximum Gasteiger partial charge on any atom is 0.325 e. The van der Waals surface area contributed by atoms with Crippen LogP contribution in [0.2, 0.25) is 0 Å². The summed E-state index contributed by atoms with van der Waals surface area (Å²) in [5.74, 6) is 1.28. The first-order valence-corrected chi connectivity index (χ1v) is 8.56. The van der Waals surface area contributed by atoms with E-state index in [1.165, 1.54) is 0 Å². The zero-order valence-electron chi connectivity index (χ0n) is 15.5. The number of carbonyl (C=O) groups excluding carboxylic acids is 1. The van der Waals surface area contributed by atoms with Crippen LogP contribution in [0.25, 0.3) is 22.2 Å². The summed E-state index contributed by atoms with van der Waals surface area (Å²) in [6.45, 7) is 4.38. The number of fused-ring (bicyclic) bond motifs is 1. The van der Waals surface area contributed by atoms with Crippen molar-refractivity contribution in [2.24, 2.45) is 0 Å². The molecule has 0 radical (unpaired) electrons. The zero-order chi connectivity index (χ0) is 18.7. The Morgan fingerprint density at radius 1 is 1.00 bits per heavy atom. The first kappa shape index (κ1) is 17.9. The fraction of sp³-hybridized carbons (Fsp3) is 0.286. The molecule has 0 aliphatic carbocycles. The fourth-order valence-electron chi connectivity index (χ4n) is 3.25. The minimum atomic E-state index is -0.262. The van der Waals surface area contributed by atoms with E-state index in [4.69, 9.17) is 14.2 Å². The number of aryl methyl sites for hydroxylation is 1. The molecule has 5 nitrogen and oxygen atoms in total. The lowest BCUT2D eigenvalue weighted by atomic mass is 10.1. The van der Waals surface area contributed by atoms with Crippen LogP contribution >= 0.6 is 0 Å². The van der Waals surface area contributed by atoms with Crippen LogP contribution < -0.4 is 9.47 Å². The van der Waals surface area contributed by atoms with Gasteiger partial charge >= 0.3 is 5.97 Å². The van der Waals surface area contributed by atoms with Gasteiger partial charge in [-0.15, -0.1) is 0 Å². The van der Waals surface area contributed by atoms with Crippen molar-refractivity contribution in [3.05, 3.63) is 48.0 Å². The number of esters is 1. The number of carbonyl (C=O) groups is 1. The van der Waals surface area contributed by atoms with E-state index in [0.717, 1.165) is 39.2 Å². The Hall–Kier alpha value is -2.95. The Morgan fingerprint density at radius 2 is 1.65 bits per heavy atom. The van der Waals surface area contributed by atoms with Crippen molar-refractivity contribution in [2.75, 3.05) is 20.8 Å². The molecule has 0 saturated heterocycles. The highest BCUT2D eigenvalue weighted by molar-refractivity contribution is 5.93. The van der Waals surface area contributed by atoms with Gasteiger partial charge in [-0.1, -0.05) is 0 Å². The second-order valence-corrected chi connectivity index (χ2v) is 5.98. The van der Waals surface area contributed by atoms with Gasteiger partial charge < -0.3 is 18.8 Å². The summed E-state index contributed by atoms with van der Waals surface area (Å²) in [6, 6.07) is 13.7. The molecule has 136 valence electrons. The number of aromatic nitrogens is 1. The summed E-state index contributed by atoms with van der Waals surface area (Å²) >= 11 is 0. The van der Waals surface area contributed by atoms with Crippen molar-refractivity contribution >= 4 is 16.9 Å². The van der Waals surface area contributed by atoms with Crippen molar-refractivity contribution in [3.8, 4) is 22.8 Å². The van der Waals surface area contributed by atoms with E-state index in [9.17, 15) is 4.79 Å². The molecule has 0 bridgehead atoms. The minimum Gasteiger partial charge on any atom is -0.497 e. The molecular weight excluding hydrogens is 330 g/mol. The third-order valence-electron chi connectivity index (χ3n) is 4.48. The Balaban J connectivity index is 2.21. The van der Waals surface area contributed by atoms with Gasteiger partial charge in [0.1, 0.15) is 18.0 Å². The van der Waals surface area contributed by atoms with Crippen molar-refractivity contribution in [2.45, 2.75) is 20.4 Å². The highest BCUT2D eigenvalue weighted by Crippen LogP contribution is 2.35. The van der Waals surface area contributed by atoms with E-state index in [1.807, 2.05) is 54.0 Å². The van der Waals surface area contributed by atoms with Crippen molar-refractivity contribution in [3.63, 3.8) is 0 Å². The molecule has 26 heavy (non-hydrogen) atoms. The van der Waals surface area contributed by atoms with Gasteiger partial charge in [-0.05, 0) is 61.4 Å². The van der Waals surface area contributed by atoms with Crippen molar-refractivity contribution in [1.82, 2.24) is 4.57 Å². The Morgan fingerprint density at radius 3 is 2.27 bits per heavy atom. The topological polar surface area (TPSA) is 49.7 Å². The molecule has 1 heterocycles. The lowest BCUT2D eigenvalue weighted by molar-refractivity contribution is -0.143. The molecule has 0 N–H and O–H groups in total. The van der Waals surface area contributed by atoms with Crippen LogP contribution in [-0.2, 0) is 16.1 Å². The van der Waals surface area contributed by atoms with Crippen LogP contribution in [0.5, 0.6) is 11.5 Å². The normalized spacial score (nSPS) is 10.8. The quantitative estimate of drug-likeness (QED) is 0.623. The van der Waals surface area contributed by atoms with Gasteiger partial charge in [0.05, 0.1) is 32.0 Å².